The number of nitrogens with one attached hydrogen (secondary N) is 1. The van der Waals surface area contributed by atoms with Crippen LogP contribution < -0.4 is 10.2 Å². The quantitative estimate of drug-likeness (QED) is 0.664. The van der Waals surface area contributed by atoms with Crippen LogP contribution in [0.4, 0.5) is 11.4 Å². The summed E-state index contributed by atoms with van der Waals surface area (Å²) in [6, 6.07) is 17.1. The van der Waals surface area contributed by atoms with Gasteiger partial charge in [0.05, 0.1) is 5.69 Å². The molecule has 3 aromatic rings. The average molecular weight is 379 g/mol. The molecule has 1 aliphatic rings. The van der Waals surface area contributed by atoms with Gasteiger partial charge in [0.1, 0.15) is 0 Å². The third-order valence-corrected chi connectivity index (χ3v) is 5.13. The lowest BCUT2D eigenvalue weighted by Gasteiger charge is -2.17. The molecule has 0 atom stereocenters. The summed E-state index contributed by atoms with van der Waals surface area (Å²) in [5.41, 5.74) is 3.36. The number of rotatable bonds is 5. The fourth-order valence-corrected chi connectivity index (χ4v) is 3.81. The van der Waals surface area contributed by atoms with Crippen molar-refractivity contribution >= 4 is 45.6 Å². The minimum absolute atomic E-state index is 0.00996. The first kappa shape index (κ1) is 17.6. The average Bonchev–Trinajstić information content (AvgIpc) is 2.92. The highest BCUT2D eigenvalue weighted by Gasteiger charge is 2.28. The summed E-state index contributed by atoms with van der Waals surface area (Å²) in [5.74, 6) is -0.0569. The fourth-order valence-electron chi connectivity index (χ4n) is 3.58. The van der Waals surface area contributed by atoms with E-state index in [-0.39, 0.29) is 11.8 Å². The van der Waals surface area contributed by atoms with E-state index < -0.39 is 0 Å². The molecule has 0 aromatic heterocycles. The highest BCUT2D eigenvalue weighted by atomic mass is 35.5. The van der Waals surface area contributed by atoms with Gasteiger partial charge in [-0.25, -0.2) is 0 Å². The molecule has 0 aliphatic carbocycles. The minimum Gasteiger partial charge on any atom is -0.326 e. The first-order chi connectivity index (χ1) is 13.0. The van der Waals surface area contributed by atoms with E-state index in [1.54, 1.807) is 17.0 Å². The lowest BCUT2D eigenvalue weighted by molar-refractivity contribution is -0.116. The molecule has 0 radical (unpaired) electrons. The molecule has 0 fully saturated rings. The highest BCUT2D eigenvalue weighted by molar-refractivity contribution is 6.30. The van der Waals surface area contributed by atoms with E-state index in [1.807, 2.05) is 49.4 Å². The zero-order valence-corrected chi connectivity index (χ0v) is 15.7. The van der Waals surface area contributed by atoms with Crippen molar-refractivity contribution in [2.45, 2.75) is 19.8 Å². The molecule has 136 valence electrons. The van der Waals surface area contributed by atoms with Crippen molar-refractivity contribution in [2.24, 2.45) is 0 Å². The molecule has 4 rings (SSSR count). The number of carbonyl (C=O) groups is 2. The maximum atomic E-state index is 12.7. The first-order valence-corrected chi connectivity index (χ1v) is 9.32. The van der Waals surface area contributed by atoms with Gasteiger partial charge in [-0.05, 0) is 54.6 Å². The third kappa shape index (κ3) is 3.28. The number of halogens is 1. The Morgan fingerprint density at radius 1 is 1.11 bits per heavy atom. The van der Waals surface area contributed by atoms with E-state index in [0.717, 1.165) is 33.3 Å². The van der Waals surface area contributed by atoms with Crippen molar-refractivity contribution in [3.8, 4) is 0 Å². The van der Waals surface area contributed by atoms with Crippen LogP contribution in [0.25, 0.3) is 10.8 Å². The van der Waals surface area contributed by atoms with Gasteiger partial charge in [-0.15, -0.1) is 0 Å². The van der Waals surface area contributed by atoms with E-state index in [9.17, 15) is 9.59 Å². The van der Waals surface area contributed by atoms with E-state index in [2.05, 4.69) is 5.32 Å². The Hall–Kier alpha value is -2.85. The third-order valence-electron chi connectivity index (χ3n) is 4.90. The summed E-state index contributed by atoms with van der Waals surface area (Å²) in [6.45, 7) is 2.42. The topological polar surface area (TPSA) is 49.4 Å². The standard InChI is InChI=1S/C22H19ClN2O2/c1-14-13-16(23)10-11-18(14)24-20(26)9-4-12-25-19-8-3-6-15-5-2-7-17(21(15)19)22(25)27/h2-3,5-8,10-11,13H,4,9,12H2,1H3,(H,24,26). The molecule has 0 spiro atoms. The number of carbonyl (C=O) groups excluding carboxylic acids is 2. The molecule has 0 saturated heterocycles. The van der Waals surface area contributed by atoms with Crippen LogP contribution in [0.5, 0.6) is 0 Å². The van der Waals surface area contributed by atoms with Crippen LogP contribution >= 0.6 is 11.6 Å². The Kier molecular flexibility index (Phi) is 4.58. The Bertz CT molecular complexity index is 1060. The molecular formula is C22H19ClN2O2. The van der Waals surface area contributed by atoms with Crippen molar-refractivity contribution in [1.82, 2.24) is 0 Å². The van der Waals surface area contributed by atoms with Gasteiger partial charge in [-0.2, -0.15) is 0 Å². The van der Waals surface area contributed by atoms with Gasteiger partial charge in [0.2, 0.25) is 5.91 Å². The van der Waals surface area contributed by atoms with Crippen LogP contribution in [0.3, 0.4) is 0 Å². The molecule has 0 bridgehead atoms. The molecule has 0 unspecified atom stereocenters. The van der Waals surface area contributed by atoms with Gasteiger partial charge >= 0.3 is 0 Å². The van der Waals surface area contributed by atoms with Gasteiger partial charge in [0.25, 0.3) is 5.91 Å². The van der Waals surface area contributed by atoms with E-state index in [4.69, 9.17) is 11.6 Å². The Labute approximate surface area is 162 Å². The number of amides is 2. The van der Waals surface area contributed by atoms with Crippen molar-refractivity contribution in [3.05, 3.63) is 70.7 Å². The lowest BCUT2D eigenvalue weighted by atomic mass is 10.1. The Morgan fingerprint density at radius 2 is 1.89 bits per heavy atom. The molecule has 1 heterocycles. The van der Waals surface area contributed by atoms with Crippen molar-refractivity contribution in [1.29, 1.82) is 0 Å². The van der Waals surface area contributed by atoms with Crippen LogP contribution in [-0.4, -0.2) is 18.4 Å². The van der Waals surface area contributed by atoms with Crippen molar-refractivity contribution in [3.63, 3.8) is 0 Å². The van der Waals surface area contributed by atoms with E-state index in [0.29, 0.717) is 24.4 Å². The number of anilines is 2. The van der Waals surface area contributed by atoms with Gasteiger partial charge in [0, 0.05) is 34.6 Å². The number of aryl methyl sites for hydroxylation is 1. The lowest BCUT2D eigenvalue weighted by Crippen LogP contribution is -2.28. The Balaban J connectivity index is 1.41. The molecule has 0 saturated carbocycles. The smallest absolute Gasteiger partial charge is 0.258 e. The first-order valence-electron chi connectivity index (χ1n) is 8.94. The molecule has 4 nitrogen and oxygen atoms in total. The predicted octanol–water partition coefficient (Wildman–Crippen LogP) is 5.18. The molecule has 5 heteroatoms. The zero-order valence-electron chi connectivity index (χ0n) is 15.0. The minimum atomic E-state index is -0.0669. The molecule has 3 aromatic carbocycles. The van der Waals surface area contributed by atoms with Gasteiger partial charge in [-0.1, -0.05) is 35.9 Å². The van der Waals surface area contributed by atoms with Crippen LogP contribution in [0, 0.1) is 6.92 Å². The van der Waals surface area contributed by atoms with Crippen LogP contribution in [0.15, 0.2) is 54.6 Å². The second kappa shape index (κ2) is 7.05. The SMILES string of the molecule is Cc1cc(Cl)ccc1NC(=O)CCCN1C(=O)c2cccc3cccc1c23. The summed E-state index contributed by atoms with van der Waals surface area (Å²) in [7, 11) is 0. The van der Waals surface area contributed by atoms with E-state index in [1.165, 1.54) is 0 Å². The molecule has 1 aliphatic heterocycles. The van der Waals surface area contributed by atoms with Gasteiger partial charge in [-0.3, -0.25) is 9.59 Å². The second-order valence-corrected chi connectivity index (χ2v) is 7.19. The number of hydrogen-bond acceptors (Lipinski definition) is 2. The number of benzene rings is 3. The zero-order chi connectivity index (χ0) is 19.0. The fraction of sp³-hybridized carbons (Fsp3) is 0.182. The summed E-state index contributed by atoms with van der Waals surface area (Å²) in [4.78, 5) is 26.8. The van der Waals surface area contributed by atoms with Crippen LogP contribution in [0.1, 0.15) is 28.8 Å². The summed E-state index contributed by atoms with van der Waals surface area (Å²) >= 11 is 5.94. The summed E-state index contributed by atoms with van der Waals surface area (Å²) in [5, 5.41) is 5.63. The Morgan fingerprint density at radius 3 is 2.67 bits per heavy atom. The number of hydrogen-bond donors (Lipinski definition) is 1. The maximum absolute atomic E-state index is 12.7. The molecule has 1 N–H and O–H groups in total. The molecular weight excluding hydrogens is 360 g/mol. The van der Waals surface area contributed by atoms with Gasteiger partial charge < -0.3 is 10.2 Å². The van der Waals surface area contributed by atoms with E-state index >= 15 is 0 Å². The maximum Gasteiger partial charge on any atom is 0.258 e. The largest absolute Gasteiger partial charge is 0.326 e. The van der Waals surface area contributed by atoms with Crippen molar-refractivity contribution in [2.75, 3.05) is 16.8 Å². The highest BCUT2D eigenvalue weighted by Crippen LogP contribution is 2.37. The summed E-state index contributed by atoms with van der Waals surface area (Å²) in [6.07, 6.45) is 0.937. The van der Waals surface area contributed by atoms with Gasteiger partial charge in [0.15, 0.2) is 0 Å². The second-order valence-electron chi connectivity index (χ2n) is 6.75. The molecule has 2 amide bonds. The predicted molar refractivity (Wildman–Crippen MR) is 110 cm³/mol. The van der Waals surface area contributed by atoms with Crippen LogP contribution in [-0.2, 0) is 4.79 Å². The van der Waals surface area contributed by atoms with Crippen molar-refractivity contribution < 1.29 is 9.59 Å². The monoisotopic (exact) mass is 378 g/mol. The van der Waals surface area contributed by atoms with Crippen LogP contribution in [0.2, 0.25) is 5.02 Å². The normalized spacial score (nSPS) is 12.7. The summed E-state index contributed by atoms with van der Waals surface area (Å²) < 4.78 is 0. The number of nitrogens with zero attached hydrogens (tertiary/aromatic N) is 1. The molecule has 27 heavy (non-hydrogen) atoms.